The molecule has 15 heteroatoms. The summed E-state index contributed by atoms with van der Waals surface area (Å²) in [5.74, 6) is -4.46. The number of carboxylic acids is 1. The number of hydrogen-bond acceptors (Lipinski definition) is 8. The van der Waals surface area contributed by atoms with Gasteiger partial charge in [0, 0.05) is 6.54 Å². The zero-order chi connectivity index (χ0) is 26.5. The van der Waals surface area contributed by atoms with E-state index < -0.39 is 58.2 Å². The van der Waals surface area contributed by atoms with Crippen molar-refractivity contribution in [2.45, 2.75) is 18.6 Å². The summed E-state index contributed by atoms with van der Waals surface area (Å²) in [6.45, 7) is -0.592. The highest BCUT2D eigenvalue weighted by Gasteiger charge is 2.40. The number of alkyl halides is 3. The molecular formula is C21H17F3N4O6S2. The molecule has 2 heterocycles. The molecule has 1 aromatic carbocycles. The van der Waals surface area contributed by atoms with Gasteiger partial charge < -0.3 is 26.2 Å². The van der Waals surface area contributed by atoms with Gasteiger partial charge in [-0.25, -0.2) is 9.78 Å². The number of aliphatic carboxylic acids is 1. The van der Waals surface area contributed by atoms with Gasteiger partial charge in [0.2, 0.25) is 5.91 Å². The van der Waals surface area contributed by atoms with Gasteiger partial charge in [-0.05, 0) is 29.1 Å². The number of anilines is 1. The molecular weight excluding hydrogens is 525 g/mol. The van der Waals surface area contributed by atoms with Gasteiger partial charge in [0.25, 0.3) is 11.8 Å². The number of aromatic nitrogens is 1. The monoisotopic (exact) mass is 542 g/mol. The lowest BCUT2D eigenvalue weighted by atomic mass is 10.1. The predicted octanol–water partition coefficient (Wildman–Crippen LogP) is 2.72. The molecule has 190 valence electrons. The summed E-state index contributed by atoms with van der Waals surface area (Å²) in [6, 6.07) is 7.01. The third kappa shape index (κ3) is 7.02. The maximum atomic E-state index is 13.5. The number of phenols is 1. The van der Waals surface area contributed by atoms with E-state index >= 15 is 0 Å². The van der Waals surface area contributed by atoms with Crippen molar-refractivity contribution in [3.05, 3.63) is 62.8 Å². The molecule has 3 rings (SSSR count). The Bertz CT molecular complexity index is 1280. The van der Waals surface area contributed by atoms with E-state index in [0.29, 0.717) is 5.56 Å². The minimum Gasteiger partial charge on any atom is -0.508 e. The number of aromatic hydroxyl groups is 1. The maximum absolute atomic E-state index is 13.5. The van der Waals surface area contributed by atoms with Gasteiger partial charge in [0.05, 0.1) is 11.3 Å². The average molecular weight is 543 g/mol. The summed E-state index contributed by atoms with van der Waals surface area (Å²) in [5, 5.41) is 26.3. The van der Waals surface area contributed by atoms with Gasteiger partial charge in [-0.1, -0.05) is 29.5 Å². The van der Waals surface area contributed by atoms with Crippen LogP contribution in [0.5, 0.6) is 5.75 Å². The summed E-state index contributed by atoms with van der Waals surface area (Å²) < 4.78 is 40.5. The fourth-order valence-corrected chi connectivity index (χ4v) is 4.39. The normalized spacial score (nSPS) is 12.0. The van der Waals surface area contributed by atoms with Crippen molar-refractivity contribution in [3.63, 3.8) is 0 Å². The number of carbonyl (C=O) groups is 4. The number of carbonyl (C=O) groups excluding carboxylic acids is 3. The second kappa shape index (κ2) is 11.2. The van der Waals surface area contributed by atoms with Crippen LogP contribution in [0, 0.1) is 0 Å². The molecule has 1 unspecified atom stereocenters. The molecule has 1 atom stereocenters. The van der Waals surface area contributed by atoms with E-state index in [0.717, 1.165) is 11.3 Å². The molecule has 0 aliphatic carbocycles. The number of phenolic OH excluding ortho intramolecular Hbond substituents is 1. The molecule has 0 saturated carbocycles. The first-order chi connectivity index (χ1) is 16.9. The lowest BCUT2D eigenvalue weighted by molar-refractivity contribution is -0.141. The second-order valence-electron chi connectivity index (χ2n) is 7.14. The van der Waals surface area contributed by atoms with Crippen LogP contribution < -0.4 is 16.0 Å². The Labute approximate surface area is 208 Å². The third-order valence-electron chi connectivity index (χ3n) is 4.44. The van der Waals surface area contributed by atoms with Crippen molar-refractivity contribution < 1.29 is 42.6 Å². The zero-order valence-corrected chi connectivity index (χ0v) is 19.6. The highest BCUT2D eigenvalue weighted by molar-refractivity contribution is 7.17. The third-order valence-corrected chi connectivity index (χ3v) is 6.28. The Hall–Kier alpha value is -3.98. The van der Waals surface area contributed by atoms with E-state index in [2.05, 4.69) is 15.6 Å². The first-order valence-electron chi connectivity index (χ1n) is 9.95. The van der Waals surface area contributed by atoms with Gasteiger partial charge in [-0.15, -0.1) is 11.3 Å². The number of nitrogens with zero attached hydrogens (tertiary/aromatic N) is 1. The van der Waals surface area contributed by atoms with Crippen LogP contribution in [0.3, 0.4) is 0 Å². The number of rotatable bonds is 9. The van der Waals surface area contributed by atoms with E-state index in [1.165, 1.54) is 30.3 Å². The van der Waals surface area contributed by atoms with Crippen LogP contribution in [0.25, 0.3) is 0 Å². The Morgan fingerprint density at radius 1 is 1.08 bits per heavy atom. The topological polar surface area (TPSA) is 158 Å². The van der Waals surface area contributed by atoms with Crippen LogP contribution in [0.15, 0.2) is 41.8 Å². The average Bonchev–Trinajstić information content (AvgIpc) is 3.46. The van der Waals surface area contributed by atoms with E-state index in [1.54, 1.807) is 11.4 Å². The molecule has 3 aromatic rings. The van der Waals surface area contributed by atoms with Crippen molar-refractivity contribution >= 4 is 51.5 Å². The second-order valence-corrected chi connectivity index (χ2v) is 9.09. The van der Waals surface area contributed by atoms with Crippen LogP contribution >= 0.6 is 22.7 Å². The van der Waals surface area contributed by atoms with E-state index in [1.807, 2.05) is 5.32 Å². The number of amides is 3. The van der Waals surface area contributed by atoms with Gasteiger partial charge in [-0.2, -0.15) is 13.2 Å². The van der Waals surface area contributed by atoms with Gasteiger partial charge in [0.15, 0.2) is 10.8 Å². The molecule has 0 aliphatic heterocycles. The molecule has 3 amide bonds. The molecule has 0 spiro atoms. The van der Waals surface area contributed by atoms with E-state index in [-0.39, 0.29) is 28.4 Å². The number of thiophene rings is 1. The number of halogens is 3. The van der Waals surface area contributed by atoms with E-state index in [4.69, 9.17) is 0 Å². The Morgan fingerprint density at radius 3 is 2.44 bits per heavy atom. The van der Waals surface area contributed by atoms with Gasteiger partial charge in [-0.3, -0.25) is 14.4 Å². The fourth-order valence-electron chi connectivity index (χ4n) is 2.85. The van der Waals surface area contributed by atoms with Crippen LogP contribution in [-0.4, -0.2) is 51.5 Å². The fraction of sp³-hybridized carbons (Fsp3) is 0.190. The van der Waals surface area contributed by atoms with Crippen molar-refractivity contribution in [2.24, 2.45) is 0 Å². The van der Waals surface area contributed by atoms with Gasteiger partial charge >= 0.3 is 12.1 Å². The quantitative estimate of drug-likeness (QED) is 0.278. The molecule has 0 bridgehead atoms. The maximum Gasteiger partial charge on any atom is 0.435 e. The number of hydrogen-bond donors (Lipinski definition) is 5. The summed E-state index contributed by atoms with van der Waals surface area (Å²) in [4.78, 5) is 50.9. The highest BCUT2D eigenvalue weighted by Crippen LogP contribution is 2.36. The minimum absolute atomic E-state index is 0.104. The van der Waals surface area contributed by atoms with Crippen LogP contribution in [0.4, 0.5) is 18.3 Å². The Kier molecular flexibility index (Phi) is 8.26. The first kappa shape index (κ1) is 26.6. The standard InChI is InChI=1S/C21H17F3N4O6S2/c22-21(23,24)16-15(36-20(28-16)27-14(30)8-10-3-1-4-11(29)7-10)18(32)26-12(19(33)34)9-25-17(31)13-5-2-6-35-13/h1-7,12,29H,8-9H2,(H,25,31)(H,26,32)(H,33,34)(H,27,28,30). The van der Waals surface area contributed by atoms with Gasteiger partial charge in [0.1, 0.15) is 16.7 Å². The van der Waals surface area contributed by atoms with Crippen LogP contribution in [0.2, 0.25) is 0 Å². The lowest BCUT2D eigenvalue weighted by Gasteiger charge is -2.15. The summed E-state index contributed by atoms with van der Waals surface area (Å²) in [7, 11) is 0. The molecule has 2 aromatic heterocycles. The zero-order valence-electron chi connectivity index (χ0n) is 18.0. The minimum atomic E-state index is -5.08. The molecule has 0 radical (unpaired) electrons. The number of thiazole rings is 1. The Balaban J connectivity index is 1.73. The summed E-state index contributed by atoms with van der Waals surface area (Å²) in [5.41, 5.74) is -1.23. The van der Waals surface area contributed by atoms with Crippen molar-refractivity contribution in [1.29, 1.82) is 0 Å². The number of carboxylic acid groups (broad SMARTS) is 1. The van der Waals surface area contributed by atoms with Crippen LogP contribution in [-0.2, 0) is 22.2 Å². The van der Waals surface area contributed by atoms with Crippen molar-refractivity contribution in [3.8, 4) is 5.75 Å². The highest BCUT2D eigenvalue weighted by atomic mass is 32.1. The molecule has 0 fully saturated rings. The molecule has 5 N–H and O–H groups in total. The Morgan fingerprint density at radius 2 is 1.83 bits per heavy atom. The summed E-state index contributed by atoms with van der Waals surface area (Å²) in [6.07, 6.45) is -5.37. The first-order valence-corrected chi connectivity index (χ1v) is 11.6. The summed E-state index contributed by atoms with van der Waals surface area (Å²) >= 11 is 1.30. The van der Waals surface area contributed by atoms with Crippen LogP contribution in [0.1, 0.15) is 30.6 Å². The lowest BCUT2D eigenvalue weighted by Crippen LogP contribution is -2.48. The number of benzene rings is 1. The molecule has 0 aliphatic rings. The van der Waals surface area contributed by atoms with Crippen molar-refractivity contribution in [1.82, 2.24) is 15.6 Å². The SMILES string of the molecule is O=C(Cc1cccc(O)c1)Nc1nc(C(F)(F)F)c(C(=O)NC(CNC(=O)c2cccs2)C(=O)O)s1. The number of nitrogens with one attached hydrogen (secondary N) is 3. The van der Waals surface area contributed by atoms with Crippen molar-refractivity contribution in [2.75, 3.05) is 11.9 Å². The predicted molar refractivity (Wildman–Crippen MR) is 123 cm³/mol. The molecule has 10 nitrogen and oxygen atoms in total. The molecule has 36 heavy (non-hydrogen) atoms. The largest absolute Gasteiger partial charge is 0.508 e. The molecule has 0 saturated heterocycles. The van der Waals surface area contributed by atoms with E-state index in [9.17, 15) is 42.6 Å². The smallest absolute Gasteiger partial charge is 0.435 e.